The Balaban J connectivity index is 1.70. The molecule has 1 aliphatic carbocycles. The summed E-state index contributed by atoms with van der Waals surface area (Å²) in [5.41, 5.74) is 1.38. The standard InChI is InChI=1S/C25H25ClN2O6/c1-12-9-15-18(21(28(2)27-15)13-7-6-8-14(10-13)31-3)23(29)25(12)24(30)19-16(32-4)11-17(33-5)20(26)22(19)34-25/h6-8,10-12,23,29H,9H2,1-5H3/t12-,23-,25+/m1/s1. The molecule has 2 aromatic carbocycles. The number of rotatable bonds is 4. The first-order valence-corrected chi connectivity index (χ1v) is 11.2. The number of nitrogens with zero attached hydrogens (tertiary/aromatic N) is 2. The first-order chi connectivity index (χ1) is 16.3. The Morgan fingerprint density at radius 2 is 1.91 bits per heavy atom. The van der Waals surface area contributed by atoms with Crippen LogP contribution in [0.4, 0.5) is 0 Å². The van der Waals surface area contributed by atoms with Crippen molar-refractivity contribution in [2.24, 2.45) is 13.0 Å². The number of ketones is 1. The van der Waals surface area contributed by atoms with Crippen molar-refractivity contribution in [3.63, 3.8) is 0 Å². The lowest BCUT2D eigenvalue weighted by Gasteiger charge is -2.40. The largest absolute Gasteiger partial charge is 0.497 e. The van der Waals surface area contributed by atoms with E-state index in [1.807, 2.05) is 38.2 Å². The fourth-order valence-electron chi connectivity index (χ4n) is 5.20. The number of fused-ring (bicyclic) bond motifs is 2. The number of methoxy groups -OCH3 is 3. The van der Waals surface area contributed by atoms with Gasteiger partial charge in [0.2, 0.25) is 11.4 Å². The smallest absolute Gasteiger partial charge is 0.217 e. The zero-order valence-electron chi connectivity index (χ0n) is 19.5. The van der Waals surface area contributed by atoms with Gasteiger partial charge < -0.3 is 24.1 Å². The summed E-state index contributed by atoms with van der Waals surface area (Å²) in [6, 6.07) is 9.04. The van der Waals surface area contributed by atoms with Gasteiger partial charge in [-0.25, -0.2) is 0 Å². The van der Waals surface area contributed by atoms with Gasteiger partial charge in [-0.15, -0.1) is 0 Å². The molecule has 34 heavy (non-hydrogen) atoms. The molecule has 0 unspecified atom stereocenters. The number of benzene rings is 2. The van der Waals surface area contributed by atoms with E-state index >= 15 is 0 Å². The monoisotopic (exact) mass is 484 g/mol. The molecule has 0 bridgehead atoms. The van der Waals surface area contributed by atoms with Crippen molar-refractivity contribution in [3.05, 3.63) is 52.2 Å². The van der Waals surface area contributed by atoms with E-state index in [0.29, 0.717) is 34.9 Å². The lowest BCUT2D eigenvalue weighted by Crippen LogP contribution is -2.54. The van der Waals surface area contributed by atoms with Crippen molar-refractivity contribution < 1.29 is 28.8 Å². The second kappa shape index (κ2) is 7.92. The molecule has 0 radical (unpaired) electrons. The van der Waals surface area contributed by atoms with Crippen LogP contribution in [0.3, 0.4) is 0 Å². The molecule has 5 rings (SSSR count). The molecule has 0 saturated heterocycles. The molecule has 2 aliphatic rings. The summed E-state index contributed by atoms with van der Waals surface area (Å²) in [4.78, 5) is 14.0. The van der Waals surface area contributed by atoms with E-state index in [0.717, 1.165) is 5.56 Å². The number of ether oxygens (including phenoxy) is 4. The molecule has 1 N–H and O–H groups in total. The van der Waals surface area contributed by atoms with Crippen LogP contribution in [0.15, 0.2) is 30.3 Å². The van der Waals surface area contributed by atoms with Gasteiger partial charge in [-0.2, -0.15) is 5.10 Å². The number of aliphatic hydroxyl groups excluding tert-OH is 1. The molecule has 1 aromatic heterocycles. The highest BCUT2D eigenvalue weighted by molar-refractivity contribution is 6.35. The lowest BCUT2D eigenvalue weighted by molar-refractivity contribution is -0.0634. The highest BCUT2D eigenvalue weighted by Gasteiger charge is 2.62. The Hall–Kier alpha value is -3.23. The van der Waals surface area contributed by atoms with Gasteiger partial charge >= 0.3 is 0 Å². The third kappa shape index (κ3) is 2.88. The van der Waals surface area contributed by atoms with E-state index in [1.54, 1.807) is 17.9 Å². The second-order valence-corrected chi connectivity index (χ2v) is 8.97. The van der Waals surface area contributed by atoms with Crippen LogP contribution < -0.4 is 18.9 Å². The van der Waals surface area contributed by atoms with E-state index < -0.39 is 17.6 Å². The summed E-state index contributed by atoms with van der Waals surface area (Å²) in [6.07, 6.45) is -0.867. The summed E-state index contributed by atoms with van der Waals surface area (Å²) < 4.78 is 24.3. The van der Waals surface area contributed by atoms with Gasteiger partial charge in [-0.3, -0.25) is 9.48 Å². The number of halogens is 1. The maximum atomic E-state index is 14.0. The van der Waals surface area contributed by atoms with E-state index in [2.05, 4.69) is 5.10 Å². The summed E-state index contributed by atoms with van der Waals surface area (Å²) in [7, 11) is 6.34. The van der Waals surface area contributed by atoms with Crippen molar-refractivity contribution in [1.29, 1.82) is 0 Å². The van der Waals surface area contributed by atoms with Gasteiger partial charge in [0.25, 0.3) is 0 Å². The van der Waals surface area contributed by atoms with Gasteiger partial charge in [0.1, 0.15) is 33.9 Å². The van der Waals surface area contributed by atoms with E-state index in [4.69, 9.17) is 30.5 Å². The van der Waals surface area contributed by atoms with Crippen LogP contribution >= 0.6 is 11.6 Å². The number of carbonyl (C=O) groups excluding carboxylic acids is 1. The minimum Gasteiger partial charge on any atom is -0.497 e. The van der Waals surface area contributed by atoms with Crippen molar-refractivity contribution in [1.82, 2.24) is 9.78 Å². The van der Waals surface area contributed by atoms with Crippen LogP contribution in [0.25, 0.3) is 11.3 Å². The van der Waals surface area contributed by atoms with Gasteiger partial charge in [-0.1, -0.05) is 30.7 Å². The zero-order chi connectivity index (χ0) is 24.4. The number of hydrogen-bond donors (Lipinski definition) is 1. The Morgan fingerprint density at radius 1 is 1.18 bits per heavy atom. The molecule has 1 spiro atoms. The SMILES string of the molecule is COc1cccc(-c2c3c(nn2C)C[C@@H](C)[C@]2(Oc4c(Cl)c(OC)cc(OC)c4C2=O)[C@@H]3O)c1. The molecular formula is C25H25ClN2O6. The third-order valence-corrected chi connectivity index (χ3v) is 7.22. The average Bonchev–Trinajstić information content (AvgIpc) is 3.33. The Kier molecular flexibility index (Phi) is 5.26. The van der Waals surface area contributed by atoms with Crippen LogP contribution in [0, 0.1) is 5.92 Å². The molecule has 9 heteroatoms. The molecule has 0 amide bonds. The van der Waals surface area contributed by atoms with E-state index in [9.17, 15) is 9.90 Å². The van der Waals surface area contributed by atoms with Crippen molar-refractivity contribution in [2.75, 3.05) is 21.3 Å². The van der Waals surface area contributed by atoms with Crippen LogP contribution in [0.5, 0.6) is 23.0 Å². The molecule has 2 heterocycles. The van der Waals surface area contributed by atoms with Crippen molar-refractivity contribution in [2.45, 2.75) is 25.0 Å². The van der Waals surface area contributed by atoms with E-state index in [-0.39, 0.29) is 27.9 Å². The van der Waals surface area contributed by atoms with Gasteiger partial charge in [0.05, 0.1) is 32.7 Å². The molecule has 178 valence electrons. The summed E-state index contributed by atoms with van der Waals surface area (Å²) in [6.45, 7) is 1.87. The average molecular weight is 485 g/mol. The van der Waals surface area contributed by atoms with Crippen molar-refractivity contribution >= 4 is 17.4 Å². The number of aliphatic hydroxyl groups is 1. The van der Waals surface area contributed by atoms with Crippen LogP contribution in [0.1, 0.15) is 34.6 Å². The first-order valence-electron chi connectivity index (χ1n) is 10.8. The number of Topliss-reactive ketones (excluding diaryl/α,β-unsaturated/α-hetero) is 1. The van der Waals surface area contributed by atoms with E-state index in [1.165, 1.54) is 14.2 Å². The number of aryl methyl sites for hydroxylation is 1. The molecule has 3 aromatic rings. The zero-order valence-corrected chi connectivity index (χ0v) is 20.3. The number of aromatic nitrogens is 2. The summed E-state index contributed by atoms with van der Waals surface area (Å²) in [5, 5.41) is 16.7. The maximum absolute atomic E-state index is 14.0. The summed E-state index contributed by atoms with van der Waals surface area (Å²) >= 11 is 6.54. The predicted octanol–water partition coefficient (Wildman–Crippen LogP) is 4.01. The lowest BCUT2D eigenvalue weighted by atomic mass is 9.69. The molecular weight excluding hydrogens is 460 g/mol. The third-order valence-electron chi connectivity index (χ3n) is 6.86. The Morgan fingerprint density at radius 3 is 2.59 bits per heavy atom. The minimum atomic E-state index is -1.59. The van der Waals surface area contributed by atoms with Crippen LogP contribution in [0.2, 0.25) is 5.02 Å². The molecule has 0 saturated carbocycles. The van der Waals surface area contributed by atoms with Gasteiger partial charge in [0.15, 0.2) is 5.75 Å². The quantitative estimate of drug-likeness (QED) is 0.598. The first kappa shape index (κ1) is 22.6. The highest BCUT2D eigenvalue weighted by Crippen LogP contribution is 2.57. The summed E-state index contributed by atoms with van der Waals surface area (Å²) in [5.74, 6) is 0.653. The molecule has 8 nitrogen and oxygen atoms in total. The normalized spacial score (nSPS) is 22.9. The molecule has 1 aliphatic heterocycles. The minimum absolute atomic E-state index is 0.157. The number of hydrogen-bond acceptors (Lipinski definition) is 7. The highest BCUT2D eigenvalue weighted by atomic mass is 35.5. The second-order valence-electron chi connectivity index (χ2n) is 8.60. The van der Waals surface area contributed by atoms with Crippen LogP contribution in [-0.2, 0) is 13.5 Å². The Bertz CT molecular complexity index is 1320. The Labute approximate surface area is 202 Å². The van der Waals surface area contributed by atoms with Crippen LogP contribution in [-0.4, -0.2) is 47.6 Å². The fourth-order valence-corrected chi connectivity index (χ4v) is 5.46. The molecule has 3 atom stereocenters. The van der Waals surface area contributed by atoms with Gasteiger partial charge in [-0.05, 0) is 18.6 Å². The van der Waals surface area contributed by atoms with Crippen molar-refractivity contribution in [3.8, 4) is 34.3 Å². The van der Waals surface area contributed by atoms with Gasteiger partial charge in [0, 0.05) is 30.2 Å². The topological polar surface area (TPSA) is 92.0 Å². The maximum Gasteiger partial charge on any atom is 0.217 e. The molecule has 0 fully saturated rings. The predicted molar refractivity (Wildman–Crippen MR) is 125 cm³/mol. The fraction of sp³-hybridized carbons (Fsp3) is 0.360. The number of carbonyl (C=O) groups is 1.